The number of piperidine rings is 1. The van der Waals surface area contributed by atoms with Gasteiger partial charge in [-0.3, -0.25) is 9.59 Å². The quantitative estimate of drug-likeness (QED) is 0.548. The Morgan fingerprint density at radius 1 is 1.03 bits per heavy atom. The summed E-state index contributed by atoms with van der Waals surface area (Å²) in [5.74, 6) is 1.16. The number of rotatable bonds is 9. The van der Waals surface area contributed by atoms with Crippen molar-refractivity contribution in [1.82, 2.24) is 9.80 Å². The van der Waals surface area contributed by atoms with Gasteiger partial charge in [-0.25, -0.2) is 0 Å². The molecule has 0 saturated carbocycles. The average Bonchev–Trinajstić information content (AvgIpc) is 3.27. The summed E-state index contributed by atoms with van der Waals surface area (Å²) in [5, 5.41) is 0. The maximum atomic E-state index is 13.3. The molecule has 0 N–H and O–H groups in total. The van der Waals surface area contributed by atoms with Gasteiger partial charge in [-0.05, 0) is 55.0 Å². The van der Waals surface area contributed by atoms with Gasteiger partial charge in [0, 0.05) is 51.9 Å². The van der Waals surface area contributed by atoms with Crippen molar-refractivity contribution < 1.29 is 19.1 Å². The Morgan fingerprint density at radius 3 is 2.51 bits per heavy atom. The summed E-state index contributed by atoms with van der Waals surface area (Å²) in [4.78, 5) is 32.0. The zero-order valence-corrected chi connectivity index (χ0v) is 21.2. The number of ether oxygens (including phenoxy) is 2. The minimum absolute atomic E-state index is 0.0420. The molecule has 0 aromatic heterocycles. The molecule has 2 aromatic carbocycles. The van der Waals surface area contributed by atoms with Crippen LogP contribution in [0.25, 0.3) is 0 Å². The minimum atomic E-state index is -0.292. The van der Waals surface area contributed by atoms with E-state index in [1.807, 2.05) is 36.2 Å². The summed E-state index contributed by atoms with van der Waals surface area (Å²) in [6, 6.07) is 14.2. The number of carbonyl (C=O) groups is 2. The third-order valence-electron chi connectivity index (χ3n) is 7.15. The third-order valence-corrected chi connectivity index (χ3v) is 7.15. The molecule has 7 nitrogen and oxygen atoms in total. The number of amides is 2. The second-order valence-electron chi connectivity index (χ2n) is 9.55. The molecule has 0 radical (unpaired) electrons. The van der Waals surface area contributed by atoms with Gasteiger partial charge in [0.15, 0.2) is 11.5 Å². The highest BCUT2D eigenvalue weighted by Crippen LogP contribution is 2.29. The van der Waals surface area contributed by atoms with Crippen LogP contribution in [0.5, 0.6) is 11.5 Å². The number of nitrogens with zero attached hydrogens (tertiary/aromatic N) is 3. The molecule has 4 rings (SSSR count). The average molecular weight is 480 g/mol. The summed E-state index contributed by atoms with van der Waals surface area (Å²) < 4.78 is 10.7. The van der Waals surface area contributed by atoms with E-state index in [1.165, 1.54) is 30.5 Å². The van der Waals surface area contributed by atoms with Gasteiger partial charge >= 0.3 is 0 Å². The van der Waals surface area contributed by atoms with Crippen molar-refractivity contribution in [3.63, 3.8) is 0 Å². The van der Waals surface area contributed by atoms with Gasteiger partial charge in [0.05, 0.1) is 20.1 Å². The van der Waals surface area contributed by atoms with Gasteiger partial charge in [0.2, 0.25) is 11.8 Å². The van der Waals surface area contributed by atoms with Gasteiger partial charge in [-0.15, -0.1) is 0 Å². The lowest BCUT2D eigenvalue weighted by atomic mass is 10.0. The smallest absolute Gasteiger partial charge is 0.228 e. The fourth-order valence-electron chi connectivity index (χ4n) is 5.19. The van der Waals surface area contributed by atoms with Crippen molar-refractivity contribution in [2.45, 2.75) is 38.6 Å². The fraction of sp³-hybridized carbons (Fsp3) is 0.500. The molecule has 2 fully saturated rings. The molecule has 1 unspecified atom stereocenters. The molecule has 2 aliphatic heterocycles. The highest BCUT2D eigenvalue weighted by atomic mass is 16.5. The number of hydrogen-bond acceptors (Lipinski definition) is 5. The Hall–Kier alpha value is -3.22. The first kappa shape index (κ1) is 24.9. The highest BCUT2D eigenvalue weighted by Gasteiger charge is 2.35. The second kappa shape index (κ2) is 11.5. The van der Waals surface area contributed by atoms with E-state index in [0.717, 1.165) is 18.7 Å². The van der Waals surface area contributed by atoms with Crippen molar-refractivity contribution in [1.29, 1.82) is 0 Å². The maximum Gasteiger partial charge on any atom is 0.228 e. The van der Waals surface area contributed by atoms with E-state index in [-0.39, 0.29) is 24.2 Å². The van der Waals surface area contributed by atoms with Crippen LogP contribution in [0.1, 0.15) is 36.8 Å². The summed E-state index contributed by atoms with van der Waals surface area (Å²) in [6.07, 6.45) is 4.70. The highest BCUT2D eigenvalue weighted by molar-refractivity contribution is 5.89. The summed E-state index contributed by atoms with van der Waals surface area (Å²) in [7, 11) is 5.08. The molecule has 0 spiro atoms. The topological polar surface area (TPSA) is 62.3 Å². The molecule has 2 saturated heterocycles. The van der Waals surface area contributed by atoms with Crippen LogP contribution in [-0.2, 0) is 22.6 Å². The molecule has 2 aromatic rings. The monoisotopic (exact) mass is 479 g/mol. The predicted octanol–water partition coefficient (Wildman–Crippen LogP) is 3.74. The van der Waals surface area contributed by atoms with Gasteiger partial charge in [0.25, 0.3) is 0 Å². The number of anilines is 1. The number of methoxy groups -OCH3 is 2. The lowest BCUT2D eigenvalue weighted by Gasteiger charge is -2.31. The number of likely N-dealkylation sites (tertiary alicyclic amines) is 1. The van der Waals surface area contributed by atoms with Crippen LogP contribution in [0.3, 0.4) is 0 Å². The zero-order valence-electron chi connectivity index (χ0n) is 21.2. The first-order valence-corrected chi connectivity index (χ1v) is 12.6. The normalized spacial score (nSPS) is 18.0. The Balaban J connectivity index is 1.34. The van der Waals surface area contributed by atoms with Crippen molar-refractivity contribution in [3.8, 4) is 11.5 Å². The van der Waals surface area contributed by atoms with E-state index >= 15 is 0 Å². The van der Waals surface area contributed by atoms with E-state index in [9.17, 15) is 9.59 Å². The van der Waals surface area contributed by atoms with Crippen LogP contribution in [0.2, 0.25) is 0 Å². The maximum absolute atomic E-state index is 13.3. The van der Waals surface area contributed by atoms with Crippen molar-refractivity contribution in [2.75, 3.05) is 52.3 Å². The van der Waals surface area contributed by atoms with Crippen LogP contribution < -0.4 is 14.4 Å². The zero-order chi connectivity index (χ0) is 24.8. The minimum Gasteiger partial charge on any atom is -0.493 e. The summed E-state index contributed by atoms with van der Waals surface area (Å²) in [6.45, 7) is 3.76. The number of benzene rings is 2. The van der Waals surface area contributed by atoms with E-state index in [0.29, 0.717) is 37.6 Å². The second-order valence-corrected chi connectivity index (χ2v) is 9.55. The summed E-state index contributed by atoms with van der Waals surface area (Å²) >= 11 is 0. The Kier molecular flexibility index (Phi) is 8.16. The SMILES string of the molecule is COc1ccc(CCN2CC(C(=O)N(C)Cc3ccccc3N3CCCCC3)CC2=O)cc1OC. The first-order valence-electron chi connectivity index (χ1n) is 12.6. The van der Waals surface area contributed by atoms with Crippen LogP contribution in [0.15, 0.2) is 42.5 Å². The number of carbonyl (C=O) groups excluding carboxylic acids is 2. The van der Waals surface area contributed by atoms with Gasteiger partial charge in [-0.2, -0.15) is 0 Å². The van der Waals surface area contributed by atoms with E-state index in [4.69, 9.17) is 9.47 Å². The third kappa shape index (κ3) is 5.89. The van der Waals surface area contributed by atoms with Crippen molar-refractivity contribution in [3.05, 3.63) is 53.6 Å². The number of para-hydroxylation sites is 1. The fourth-order valence-corrected chi connectivity index (χ4v) is 5.19. The molecular weight excluding hydrogens is 442 g/mol. The van der Waals surface area contributed by atoms with Gasteiger partial charge < -0.3 is 24.2 Å². The van der Waals surface area contributed by atoms with Crippen molar-refractivity contribution in [2.24, 2.45) is 5.92 Å². The standard InChI is InChI=1S/C28H37N3O4/c1-29(19-22-9-5-6-10-24(22)30-14-7-4-8-15-30)28(33)23-18-27(32)31(20-23)16-13-21-11-12-25(34-2)26(17-21)35-3/h5-6,9-12,17,23H,4,7-8,13-16,18-20H2,1-3H3. The summed E-state index contributed by atoms with van der Waals surface area (Å²) in [5.41, 5.74) is 3.46. The molecule has 2 heterocycles. The lowest BCUT2D eigenvalue weighted by Crippen LogP contribution is -2.36. The molecule has 35 heavy (non-hydrogen) atoms. The molecule has 2 aliphatic rings. The molecule has 2 amide bonds. The Labute approximate surface area is 208 Å². The molecule has 0 bridgehead atoms. The van der Waals surface area contributed by atoms with Crippen LogP contribution in [-0.4, -0.2) is 69.1 Å². The Bertz CT molecular complexity index is 1030. The van der Waals surface area contributed by atoms with E-state index < -0.39 is 0 Å². The lowest BCUT2D eigenvalue weighted by molar-refractivity contribution is -0.135. The molecule has 188 valence electrons. The predicted molar refractivity (Wildman–Crippen MR) is 137 cm³/mol. The van der Waals surface area contributed by atoms with Crippen LogP contribution in [0, 0.1) is 5.92 Å². The number of hydrogen-bond donors (Lipinski definition) is 0. The van der Waals surface area contributed by atoms with Crippen LogP contribution in [0.4, 0.5) is 5.69 Å². The Morgan fingerprint density at radius 2 is 1.77 bits per heavy atom. The molecule has 0 aliphatic carbocycles. The van der Waals surface area contributed by atoms with E-state index in [1.54, 1.807) is 19.1 Å². The largest absolute Gasteiger partial charge is 0.493 e. The molecule has 7 heteroatoms. The van der Waals surface area contributed by atoms with E-state index in [2.05, 4.69) is 23.1 Å². The van der Waals surface area contributed by atoms with Crippen molar-refractivity contribution >= 4 is 17.5 Å². The first-order chi connectivity index (χ1) is 17.0. The molecular formula is C28H37N3O4. The van der Waals surface area contributed by atoms with Crippen LogP contribution >= 0.6 is 0 Å². The molecule has 1 atom stereocenters. The van der Waals surface area contributed by atoms with Gasteiger partial charge in [0.1, 0.15) is 0 Å². The van der Waals surface area contributed by atoms with Gasteiger partial charge in [-0.1, -0.05) is 24.3 Å².